The van der Waals surface area contributed by atoms with Gasteiger partial charge < -0.3 is 9.47 Å². The van der Waals surface area contributed by atoms with E-state index in [0.29, 0.717) is 6.42 Å². The molecule has 13 heavy (non-hydrogen) atoms. The first-order valence-corrected chi connectivity index (χ1v) is 5.60. The second kappa shape index (κ2) is 9.86. The molecule has 78 valence electrons. The molecular formula is C9H18O3S. The van der Waals surface area contributed by atoms with Crippen LogP contribution in [0.15, 0.2) is 0 Å². The molecule has 0 saturated carbocycles. The molecule has 0 aliphatic carbocycles. The summed E-state index contributed by atoms with van der Waals surface area (Å²) in [7, 11) is 3.13. The SMILES string of the molecule is COCCCSCCCC(=O)OC. The maximum atomic E-state index is 10.7. The molecule has 0 atom stereocenters. The van der Waals surface area contributed by atoms with Gasteiger partial charge >= 0.3 is 5.97 Å². The van der Waals surface area contributed by atoms with Gasteiger partial charge in [0.15, 0.2) is 0 Å². The van der Waals surface area contributed by atoms with Crippen molar-refractivity contribution in [2.45, 2.75) is 19.3 Å². The van der Waals surface area contributed by atoms with Crippen molar-refractivity contribution in [2.24, 2.45) is 0 Å². The number of esters is 1. The highest BCUT2D eigenvalue weighted by Gasteiger charge is 1.98. The van der Waals surface area contributed by atoms with Crippen LogP contribution in [0.3, 0.4) is 0 Å². The molecule has 0 aliphatic rings. The van der Waals surface area contributed by atoms with E-state index in [2.05, 4.69) is 4.74 Å². The van der Waals surface area contributed by atoms with E-state index in [1.54, 1.807) is 7.11 Å². The minimum atomic E-state index is -0.113. The highest BCUT2D eigenvalue weighted by molar-refractivity contribution is 7.99. The topological polar surface area (TPSA) is 35.5 Å². The van der Waals surface area contributed by atoms with Gasteiger partial charge in [0.25, 0.3) is 0 Å². The minimum Gasteiger partial charge on any atom is -0.469 e. The number of ether oxygens (including phenoxy) is 2. The van der Waals surface area contributed by atoms with Crippen molar-refractivity contribution in [3.63, 3.8) is 0 Å². The normalized spacial score (nSPS) is 10.0. The molecular weight excluding hydrogens is 188 g/mol. The summed E-state index contributed by atoms with van der Waals surface area (Å²) >= 11 is 1.86. The largest absolute Gasteiger partial charge is 0.469 e. The fraction of sp³-hybridized carbons (Fsp3) is 0.889. The molecule has 0 aliphatic heterocycles. The first-order valence-electron chi connectivity index (χ1n) is 4.44. The third-order valence-electron chi connectivity index (χ3n) is 1.53. The maximum Gasteiger partial charge on any atom is 0.305 e. The predicted molar refractivity (Wildman–Crippen MR) is 55.1 cm³/mol. The van der Waals surface area contributed by atoms with Crippen LogP contribution < -0.4 is 0 Å². The van der Waals surface area contributed by atoms with Crippen molar-refractivity contribution in [3.8, 4) is 0 Å². The van der Waals surface area contributed by atoms with Gasteiger partial charge in [-0.3, -0.25) is 4.79 Å². The second-order valence-corrected chi connectivity index (χ2v) is 3.86. The minimum absolute atomic E-state index is 0.113. The number of thioether (sulfide) groups is 1. The standard InChI is InChI=1S/C9H18O3S/c1-11-6-4-8-13-7-3-5-9(10)12-2/h3-8H2,1-2H3. The molecule has 4 heteroatoms. The van der Waals surface area contributed by atoms with Crippen molar-refractivity contribution < 1.29 is 14.3 Å². The molecule has 0 radical (unpaired) electrons. The monoisotopic (exact) mass is 206 g/mol. The summed E-state index contributed by atoms with van der Waals surface area (Å²) in [5.41, 5.74) is 0. The Morgan fingerprint density at radius 2 is 1.92 bits per heavy atom. The summed E-state index contributed by atoms with van der Waals surface area (Å²) in [5.74, 6) is 2.02. The van der Waals surface area contributed by atoms with Crippen molar-refractivity contribution in [3.05, 3.63) is 0 Å². The van der Waals surface area contributed by atoms with Gasteiger partial charge in [-0.1, -0.05) is 0 Å². The highest BCUT2D eigenvalue weighted by atomic mass is 32.2. The Labute approximate surface area is 84.2 Å². The second-order valence-electron chi connectivity index (χ2n) is 2.64. The van der Waals surface area contributed by atoms with Crippen LogP contribution in [0, 0.1) is 0 Å². The lowest BCUT2D eigenvalue weighted by Gasteiger charge is -2.00. The van der Waals surface area contributed by atoms with Gasteiger partial charge in [-0.15, -0.1) is 0 Å². The number of methoxy groups -OCH3 is 2. The van der Waals surface area contributed by atoms with Crippen molar-refractivity contribution >= 4 is 17.7 Å². The zero-order chi connectivity index (χ0) is 9.94. The van der Waals surface area contributed by atoms with Gasteiger partial charge in [-0.25, -0.2) is 0 Å². The molecule has 0 bridgehead atoms. The summed E-state index contributed by atoms with van der Waals surface area (Å²) in [6.07, 6.45) is 2.53. The Morgan fingerprint density at radius 1 is 1.23 bits per heavy atom. The van der Waals surface area contributed by atoms with Crippen LogP contribution in [0.4, 0.5) is 0 Å². The van der Waals surface area contributed by atoms with E-state index in [0.717, 1.165) is 31.0 Å². The molecule has 0 unspecified atom stereocenters. The molecule has 0 spiro atoms. The van der Waals surface area contributed by atoms with Crippen LogP contribution in [0.1, 0.15) is 19.3 Å². The Morgan fingerprint density at radius 3 is 2.54 bits per heavy atom. The molecule has 0 aromatic carbocycles. The van der Waals surface area contributed by atoms with Gasteiger partial charge in [0, 0.05) is 20.1 Å². The fourth-order valence-electron chi connectivity index (χ4n) is 0.828. The van der Waals surface area contributed by atoms with E-state index in [-0.39, 0.29) is 5.97 Å². The highest BCUT2D eigenvalue weighted by Crippen LogP contribution is 2.06. The van der Waals surface area contributed by atoms with Gasteiger partial charge in [0.2, 0.25) is 0 Å². The summed E-state index contributed by atoms with van der Waals surface area (Å²) in [6.45, 7) is 0.823. The Hall–Kier alpha value is -0.220. The van der Waals surface area contributed by atoms with Crippen LogP contribution in [0.2, 0.25) is 0 Å². The van der Waals surface area contributed by atoms with Crippen molar-refractivity contribution in [1.82, 2.24) is 0 Å². The Bertz CT molecular complexity index is 128. The molecule has 0 rings (SSSR count). The molecule has 0 saturated heterocycles. The lowest BCUT2D eigenvalue weighted by molar-refractivity contribution is -0.140. The first-order chi connectivity index (χ1) is 6.31. The number of rotatable bonds is 8. The lowest BCUT2D eigenvalue weighted by Crippen LogP contribution is -2.00. The van der Waals surface area contributed by atoms with E-state index in [1.807, 2.05) is 11.8 Å². The van der Waals surface area contributed by atoms with E-state index in [9.17, 15) is 4.79 Å². The Balaban J connectivity index is 2.95. The third kappa shape index (κ3) is 9.70. The maximum absolute atomic E-state index is 10.7. The van der Waals surface area contributed by atoms with Crippen LogP contribution in [0.5, 0.6) is 0 Å². The quantitative estimate of drug-likeness (QED) is 0.447. The molecule has 0 N–H and O–H groups in total. The van der Waals surface area contributed by atoms with Crippen molar-refractivity contribution in [1.29, 1.82) is 0 Å². The average Bonchev–Trinajstić information content (AvgIpc) is 2.16. The predicted octanol–water partition coefficient (Wildman–Crippen LogP) is 1.71. The lowest BCUT2D eigenvalue weighted by atomic mass is 10.3. The number of carbonyl (C=O) groups excluding carboxylic acids is 1. The van der Waals surface area contributed by atoms with E-state index >= 15 is 0 Å². The van der Waals surface area contributed by atoms with Gasteiger partial charge in [0.1, 0.15) is 0 Å². The molecule has 3 nitrogen and oxygen atoms in total. The van der Waals surface area contributed by atoms with Gasteiger partial charge in [0.05, 0.1) is 7.11 Å². The van der Waals surface area contributed by atoms with Crippen LogP contribution in [-0.4, -0.2) is 38.3 Å². The molecule has 0 aromatic heterocycles. The van der Waals surface area contributed by atoms with Crippen LogP contribution in [-0.2, 0) is 14.3 Å². The number of carbonyl (C=O) groups is 1. The number of hydrogen-bond donors (Lipinski definition) is 0. The third-order valence-corrected chi connectivity index (χ3v) is 2.69. The van der Waals surface area contributed by atoms with E-state index in [4.69, 9.17) is 4.74 Å². The first kappa shape index (κ1) is 12.8. The van der Waals surface area contributed by atoms with Crippen LogP contribution >= 0.6 is 11.8 Å². The molecule has 0 aromatic rings. The summed E-state index contributed by atoms with van der Waals surface area (Å²) in [5, 5.41) is 0. The zero-order valence-electron chi connectivity index (χ0n) is 8.38. The van der Waals surface area contributed by atoms with Crippen molar-refractivity contribution in [2.75, 3.05) is 32.3 Å². The van der Waals surface area contributed by atoms with Gasteiger partial charge in [-0.05, 0) is 24.3 Å². The average molecular weight is 206 g/mol. The molecule has 0 heterocycles. The fourth-order valence-corrected chi connectivity index (χ4v) is 1.70. The Kier molecular flexibility index (Phi) is 9.70. The van der Waals surface area contributed by atoms with Crippen LogP contribution in [0.25, 0.3) is 0 Å². The van der Waals surface area contributed by atoms with E-state index < -0.39 is 0 Å². The molecule has 0 amide bonds. The summed E-state index contributed by atoms with van der Waals surface area (Å²) in [6, 6.07) is 0. The smallest absolute Gasteiger partial charge is 0.305 e. The summed E-state index contributed by atoms with van der Waals surface area (Å²) in [4.78, 5) is 10.7. The zero-order valence-corrected chi connectivity index (χ0v) is 9.19. The molecule has 0 fully saturated rings. The van der Waals surface area contributed by atoms with Gasteiger partial charge in [-0.2, -0.15) is 11.8 Å². The summed E-state index contributed by atoms with van der Waals surface area (Å²) < 4.78 is 9.44. The van der Waals surface area contributed by atoms with E-state index in [1.165, 1.54) is 7.11 Å². The number of hydrogen-bond acceptors (Lipinski definition) is 4.